The van der Waals surface area contributed by atoms with Crippen molar-refractivity contribution < 1.29 is 9.72 Å². The SMILES string of the molecule is CCNC(=O)C1CNCCN1c1ncc(Br)cc1[N+](=O)[O-]. The van der Waals surface area contributed by atoms with Crippen LogP contribution in [0.5, 0.6) is 0 Å². The predicted octanol–water partition coefficient (Wildman–Crippen LogP) is 0.667. The highest BCUT2D eigenvalue weighted by atomic mass is 79.9. The van der Waals surface area contributed by atoms with E-state index in [2.05, 4.69) is 31.5 Å². The van der Waals surface area contributed by atoms with Crippen LogP contribution in [0, 0.1) is 10.1 Å². The molecule has 1 fully saturated rings. The minimum absolute atomic E-state index is 0.111. The van der Waals surface area contributed by atoms with E-state index in [1.165, 1.54) is 12.3 Å². The van der Waals surface area contributed by atoms with Crippen LogP contribution in [0.25, 0.3) is 0 Å². The molecule has 1 aromatic heterocycles. The number of anilines is 1. The fraction of sp³-hybridized carbons (Fsp3) is 0.500. The zero-order valence-electron chi connectivity index (χ0n) is 11.5. The highest BCUT2D eigenvalue weighted by molar-refractivity contribution is 9.10. The number of carbonyl (C=O) groups is 1. The molecule has 0 bridgehead atoms. The Morgan fingerprint density at radius 2 is 2.48 bits per heavy atom. The average Bonchev–Trinajstić information content (AvgIpc) is 2.47. The molecule has 0 aliphatic carbocycles. The summed E-state index contributed by atoms with van der Waals surface area (Å²) in [5.74, 6) is 0.0599. The van der Waals surface area contributed by atoms with Crippen LogP contribution in [0.3, 0.4) is 0 Å². The maximum atomic E-state index is 12.1. The van der Waals surface area contributed by atoms with Crippen molar-refractivity contribution in [2.75, 3.05) is 31.1 Å². The van der Waals surface area contributed by atoms with Gasteiger partial charge in [-0.3, -0.25) is 14.9 Å². The summed E-state index contributed by atoms with van der Waals surface area (Å²) in [6.07, 6.45) is 1.50. The van der Waals surface area contributed by atoms with Crippen LogP contribution in [0.4, 0.5) is 11.5 Å². The Bertz CT molecular complexity index is 554. The van der Waals surface area contributed by atoms with Gasteiger partial charge in [0.15, 0.2) is 0 Å². The Morgan fingerprint density at radius 3 is 3.14 bits per heavy atom. The van der Waals surface area contributed by atoms with Crippen molar-refractivity contribution >= 4 is 33.3 Å². The quantitative estimate of drug-likeness (QED) is 0.606. The lowest BCUT2D eigenvalue weighted by Gasteiger charge is -2.35. The number of amides is 1. The fourth-order valence-electron chi connectivity index (χ4n) is 2.26. The van der Waals surface area contributed by atoms with Crippen molar-refractivity contribution in [3.05, 3.63) is 26.9 Å². The third-order valence-corrected chi connectivity index (χ3v) is 3.61. The smallest absolute Gasteiger partial charge is 0.312 e. The second-order valence-electron chi connectivity index (χ2n) is 4.56. The molecule has 0 saturated carbocycles. The van der Waals surface area contributed by atoms with Crippen molar-refractivity contribution in [2.24, 2.45) is 0 Å². The molecule has 1 unspecified atom stereocenters. The van der Waals surface area contributed by atoms with Gasteiger partial charge in [-0.1, -0.05) is 0 Å². The van der Waals surface area contributed by atoms with E-state index in [1.54, 1.807) is 4.90 Å². The van der Waals surface area contributed by atoms with Gasteiger partial charge >= 0.3 is 5.69 Å². The zero-order chi connectivity index (χ0) is 15.4. The van der Waals surface area contributed by atoms with E-state index in [0.29, 0.717) is 30.7 Å². The highest BCUT2D eigenvalue weighted by Gasteiger charge is 2.33. The van der Waals surface area contributed by atoms with Crippen LogP contribution >= 0.6 is 15.9 Å². The molecule has 1 aliphatic rings. The maximum Gasteiger partial charge on any atom is 0.312 e. The first-order valence-electron chi connectivity index (χ1n) is 6.59. The monoisotopic (exact) mass is 357 g/mol. The minimum atomic E-state index is -0.508. The summed E-state index contributed by atoms with van der Waals surface area (Å²) in [7, 11) is 0. The van der Waals surface area contributed by atoms with Crippen LogP contribution in [-0.2, 0) is 4.79 Å². The molecule has 0 radical (unpaired) electrons. The molecule has 8 nitrogen and oxygen atoms in total. The van der Waals surface area contributed by atoms with Gasteiger partial charge in [-0.25, -0.2) is 4.98 Å². The first kappa shape index (κ1) is 15.6. The van der Waals surface area contributed by atoms with E-state index in [4.69, 9.17) is 0 Å². The molecule has 1 aromatic rings. The number of pyridine rings is 1. The molecule has 1 atom stereocenters. The molecule has 114 valence electrons. The van der Waals surface area contributed by atoms with E-state index in [9.17, 15) is 14.9 Å². The van der Waals surface area contributed by atoms with Crippen LogP contribution < -0.4 is 15.5 Å². The summed E-state index contributed by atoms with van der Waals surface area (Å²) in [4.78, 5) is 28.7. The lowest BCUT2D eigenvalue weighted by molar-refractivity contribution is -0.384. The van der Waals surface area contributed by atoms with Gasteiger partial charge in [-0.2, -0.15) is 0 Å². The van der Waals surface area contributed by atoms with E-state index in [0.717, 1.165) is 0 Å². The molecule has 21 heavy (non-hydrogen) atoms. The average molecular weight is 358 g/mol. The van der Waals surface area contributed by atoms with Gasteiger partial charge in [0.1, 0.15) is 6.04 Å². The summed E-state index contributed by atoms with van der Waals surface area (Å²) in [6, 6.07) is 0.894. The van der Waals surface area contributed by atoms with Crippen molar-refractivity contribution in [1.82, 2.24) is 15.6 Å². The molecule has 2 heterocycles. The Labute approximate surface area is 130 Å². The molecular formula is C12H16BrN5O3. The maximum absolute atomic E-state index is 12.1. The normalized spacial score (nSPS) is 18.4. The predicted molar refractivity (Wildman–Crippen MR) is 81.3 cm³/mol. The highest BCUT2D eigenvalue weighted by Crippen LogP contribution is 2.30. The standard InChI is InChI=1S/C12H16BrN5O3/c1-2-15-12(19)10-7-14-3-4-17(10)11-9(18(20)21)5-8(13)6-16-11/h5-6,10,14H,2-4,7H2,1H3,(H,15,19). The van der Waals surface area contributed by atoms with Gasteiger partial charge < -0.3 is 15.5 Å². The second kappa shape index (κ2) is 6.81. The fourth-order valence-corrected chi connectivity index (χ4v) is 2.58. The summed E-state index contributed by atoms with van der Waals surface area (Å²) in [6.45, 7) is 3.90. The first-order chi connectivity index (χ1) is 10.0. The van der Waals surface area contributed by atoms with Crippen LogP contribution in [-0.4, -0.2) is 48.0 Å². The lowest BCUT2D eigenvalue weighted by atomic mass is 10.1. The third-order valence-electron chi connectivity index (χ3n) is 3.18. The van der Waals surface area contributed by atoms with Gasteiger partial charge in [0.25, 0.3) is 0 Å². The lowest BCUT2D eigenvalue weighted by Crippen LogP contribution is -2.58. The van der Waals surface area contributed by atoms with Crippen molar-refractivity contribution in [2.45, 2.75) is 13.0 Å². The second-order valence-corrected chi connectivity index (χ2v) is 5.48. The van der Waals surface area contributed by atoms with E-state index < -0.39 is 11.0 Å². The Hall–Kier alpha value is -1.74. The summed E-state index contributed by atoms with van der Waals surface area (Å²) in [5, 5.41) is 17.1. The molecular weight excluding hydrogens is 342 g/mol. The number of likely N-dealkylation sites (N-methyl/N-ethyl adjacent to an activating group) is 1. The molecule has 0 aromatic carbocycles. The summed E-state index contributed by atoms with van der Waals surface area (Å²) < 4.78 is 0.530. The van der Waals surface area contributed by atoms with Gasteiger partial charge in [0, 0.05) is 42.9 Å². The first-order valence-corrected chi connectivity index (χ1v) is 7.39. The number of piperazine rings is 1. The third kappa shape index (κ3) is 3.48. The number of nitrogens with one attached hydrogen (secondary N) is 2. The topological polar surface area (TPSA) is 100 Å². The van der Waals surface area contributed by atoms with E-state index >= 15 is 0 Å². The summed E-state index contributed by atoms with van der Waals surface area (Å²) in [5.41, 5.74) is -0.111. The molecule has 0 spiro atoms. The van der Waals surface area contributed by atoms with Gasteiger partial charge in [0.05, 0.1) is 4.92 Å². The molecule has 1 saturated heterocycles. The molecule has 2 rings (SSSR count). The van der Waals surface area contributed by atoms with Gasteiger partial charge in [0.2, 0.25) is 11.7 Å². The number of nitrogens with zero attached hydrogens (tertiary/aromatic N) is 3. The minimum Gasteiger partial charge on any atom is -0.355 e. The van der Waals surface area contributed by atoms with E-state index in [1.807, 2.05) is 6.92 Å². The molecule has 1 amide bonds. The largest absolute Gasteiger partial charge is 0.355 e. The number of hydrogen-bond donors (Lipinski definition) is 2. The number of halogens is 1. The molecule has 2 N–H and O–H groups in total. The van der Waals surface area contributed by atoms with Crippen molar-refractivity contribution in [1.29, 1.82) is 0 Å². The zero-order valence-corrected chi connectivity index (χ0v) is 13.1. The van der Waals surface area contributed by atoms with E-state index in [-0.39, 0.29) is 17.4 Å². The Balaban J connectivity index is 2.37. The van der Waals surface area contributed by atoms with Crippen LogP contribution in [0.2, 0.25) is 0 Å². The Morgan fingerprint density at radius 1 is 1.71 bits per heavy atom. The number of aromatic nitrogens is 1. The molecule has 1 aliphatic heterocycles. The van der Waals surface area contributed by atoms with Crippen LogP contribution in [0.1, 0.15) is 6.92 Å². The number of hydrogen-bond acceptors (Lipinski definition) is 6. The number of rotatable bonds is 4. The van der Waals surface area contributed by atoms with Crippen LogP contribution in [0.15, 0.2) is 16.7 Å². The molecule has 9 heteroatoms. The Kier molecular flexibility index (Phi) is 5.07. The number of carbonyl (C=O) groups excluding carboxylic acids is 1. The van der Waals surface area contributed by atoms with Crippen molar-refractivity contribution in [3.8, 4) is 0 Å². The van der Waals surface area contributed by atoms with Crippen molar-refractivity contribution in [3.63, 3.8) is 0 Å². The van der Waals surface area contributed by atoms with Gasteiger partial charge in [-0.05, 0) is 22.9 Å². The summed E-state index contributed by atoms with van der Waals surface area (Å²) >= 11 is 3.18. The van der Waals surface area contributed by atoms with Gasteiger partial charge in [-0.15, -0.1) is 0 Å². The number of nitro groups is 1.